The molecule has 2 aromatic carbocycles. The van der Waals surface area contributed by atoms with E-state index in [0.717, 1.165) is 18.5 Å². The van der Waals surface area contributed by atoms with E-state index in [0.29, 0.717) is 13.1 Å². The van der Waals surface area contributed by atoms with Crippen LogP contribution in [0.1, 0.15) is 51.2 Å². The van der Waals surface area contributed by atoms with Gasteiger partial charge in [0.15, 0.2) is 0 Å². The molecule has 3 rings (SSSR count). The monoisotopic (exact) mass is 392 g/mol. The molecule has 2 unspecified atom stereocenters. The van der Waals surface area contributed by atoms with Crippen molar-refractivity contribution >= 4 is 17.5 Å². The van der Waals surface area contributed by atoms with Crippen molar-refractivity contribution in [2.24, 2.45) is 11.3 Å². The lowest BCUT2D eigenvalue weighted by molar-refractivity contribution is -0.142. The van der Waals surface area contributed by atoms with Gasteiger partial charge in [-0.3, -0.25) is 9.59 Å². The van der Waals surface area contributed by atoms with E-state index in [9.17, 15) is 9.59 Å². The zero-order valence-corrected chi connectivity index (χ0v) is 17.9. The number of likely N-dealkylation sites (tertiary alicyclic amines) is 1. The number of para-hydroxylation sites is 1. The standard InChI is InChI=1S/C25H32N2O2/c1-5-18-11-13-19(14-12-18)20-15-21(17-27(16-20)24(29)25(2,3)4)23(28)26-22-9-7-6-8-10-22/h6-14,20-21H,5,15-17H2,1-4H3,(H,26,28). The smallest absolute Gasteiger partial charge is 0.229 e. The zero-order valence-electron chi connectivity index (χ0n) is 17.9. The van der Waals surface area contributed by atoms with E-state index in [2.05, 4.69) is 36.5 Å². The predicted octanol–water partition coefficient (Wildman–Crippen LogP) is 4.87. The van der Waals surface area contributed by atoms with Gasteiger partial charge in [0, 0.05) is 30.1 Å². The molecular weight excluding hydrogens is 360 g/mol. The quantitative estimate of drug-likeness (QED) is 0.807. The Morgan fingerprint density at radius 1 is 1.00 bits per heavy atom. The summed E-state index contributed by atoms with van der Waals surface area (Å²) in [5, 5.41) is 3.02. The average Bonchev–Trinajstić information content (AvgIpc) is 2.73. The molecular formula is C25H32N2O2. The van der Waals surface area contributed by atoms with Crippen molar-refractivity contribution in [2.45, 2.75) is 46.5 Å². The number of piperidine rings is 1. The molecule has 0 radical (unpaired) electrons. The van der Waals surface area contributed by atoms with E-state index < -0.39 is 5.41 Å². The number of hydrogen-bond acceptors (Lipinski definition) is 2. The summed E-state index contributed by atoms with van der Waals surface area (Å²) in [6.45, 7) is 9.09. The molecule has 2 atom stereocenters. The van der Waals surface area contributed by atoms with Crippen LogP contribution in [-0.4, -0.2) is 29.8 Å². The first kappa shape index (κ1) is 21.1. The number of carbonyl (C=O) groups is 2. The fourth-order valence-electron chi connectivity index (χ4n) is 3.96. The van der Waals surface area contributed by atoms with Crippen molar-refractivity contribution in [3.05, 3.63) is 65.7 Å². The largest absolute Gasteiger partial charge is 0.341 e. The number of hydrogen-bond donors (Lipinski definition) is 1. The lowest BCUT2D eigenvalue weighted by Gasteiger charge is -2.40. The predicted molar refractivity (Wildman–Crippen MR) is 118 cm³/mol. The fraction of sp³-hybridized carbons (Fsp3) is 0.440. The summed E-state index contributed by atoms with van der Waals surface area (Å²) in [5.74, 6) is 0.0151. The summed E-state index contributed by atoms with van der Waals surface area (Å²) in [4.78, 5) is 27.9. The Labute approximate surface area is 174 Å². The van der Waals surface area contributed by atoms with Crippen molar-refractivity contribution < 1.29 is 9.59 Å². The summed E-state index contributed by atoms with van der Waals surface area (Å²) in [5.41, 5.74) is 2.83. The number of carbonyl (C=O) groups excluding carboxylic acids is 2. The van der Waals surface area contributed by atoms with E-state index in [1.54, 1.807) is 0 Å². The van der Waals surface area contributed by atoms with Crippen LogP contribution in [0.15, 0.2) is 54.6 Å². The minimum atomic E-state index is -0.464. The molecule has 154 valence electrons. The lowest BCUT2D eigenvalue weighted by Crippen LogP contribution is -2.50. The Balaban J connectivity index is 1.82. The third-order valence-electron chi connectivity index (χ3n) is 5.65. The second-order valence-corrected chi connectivity index (χ2v) is 9.04. The molecule has 1 aliphatic rings. The molecule has 4 heteroatoms. The minimum absolute atomic E-state index is 0.0159. The molecule has 0 bridgehead atoms. The Kier molecular flexibility index (Phi) is 6.41. The zero-order chi connectivity index (χ0) is 21.0. The maximum Gasteiger partial charge on any atom is 0.229 e. The Bertz CT molecular complexity index is 837. The first-order valence-electron chi connectivity index (χ1n) is 10.5. The van der Waals surface area contributed by atoms with E-state index in [-0.39, 0.29) is 23.7 Å². The van der Waals surface area contributed by atoms with Crippen LogP contribution in [0.25, 0.3) is 0 Å². The molecule has 1 heterocycles. The summed E-state index contributed by atoms with van der Waals surface area (Å²) in [6, 6.07) is 18.1. The minimum Gasteiger partial charge on any atom is -0.341 e. The Morgan fingerprint density at radius 2 is 1.66 bits per heavy atom. The number of benzene rings is 2. The number of nitrogens with zero attached hydrogens (tertiary/aromatic N) is 1. The number of aryl methyl sites for hydroxylation is 1. The van der Waals surface area contributed by atoms with Gasteiger partial charge in [-0.2, -0.15) is 0 Å². The molecule has 0 spiro atoms. The number of amides is 2. The van der Waals surface area contributed by atoms with Crippen LogP contribution in [0.5, 0.6) is 0 Å². The third kappa shape index (κ3) is 5.26. The average molecular weight is 393 g/mol. The highest BCUT2D eigenvalue weighted by Gasteiger charge is 2.37. The van der Waals surface area contributed by atoms with Gasteiger partial charge in [-0.05, 0) is 36.1 Å². The second kappa shape index (κ2) is 8.81. The van der Waals surface area contributed by atoms with Gasteiger partial charge in [-0.25, -0.2) is 0 Å². The van der Waals surface area contributed by atoms with Gasteiger partial charge in [-0.1, -0.05) is 70.2 Å². The van der Waals surface area contributed by atoms with Crippen LogP contribution in [-0.2, 0) is 16.0 Å². The van der Waals surface area contributed by atoms with Crippen molar-refractivity contribution in [3.63, 3.8) is 0 Å². The normalized spacial score (nSPS) is 19.7. The van der Waals surface area contributed by atoms with Crippen LogP contribution < -0.4 is 5.32 Å². The van der Waals surface area contributed by atoms with Crippen LogP contribution in [0.4, 0.5) is 5.69 Å². The molecule has 29 heavy (non-hydrogen) atoms. The topological polar surface area (TPSA) is 49.4 Å². The molecule has 0 aliphatic carbocycles. The molecule has 0 saturated carbocycles. The van der Waals surface area contributed by atoms with Gasteiger partial charge in [0.2, 0.25) is 11.8 Å². The van der Waals surface area contributed by atoms with Gasteiger partial charge in [0.05, 0.1) is 5.92 Å². The Hall–Kier alpha value is -2.62. The van der Waals surface area contributed by atoms with Gasteiger partial charge in [0.1, 0.15) is 0 Å². The van der Waals surface area contributed by atoms with E-state index >= 15 is 0 Å². The van der Waals surface area contributed by atoms with Gasteiger partial charge < -0.3 is 10.2 Å². The summed E-state index contributed by atoms with van der Waals surface area (Å²) < 4.78 is 0. The van der Waals surface area contributed by atoms with Crippen LogP contribution >= 0.6 is 0 Å². The van der Waals surface area contributed by atoms with Gasteiger partial charge >= 0.3 is 0 Å². The van der Waals surface area contributed by atoms with Crippen molar-refractivity contribution in [1.82, 2.24) is 4.90 Å². The summed E-state index contributed by atoms with van der Waals surface area (Å²) in [6.07, 6.45) is 1.75. The molecule has 1 aliphatic heterocycles. The highest BCUT2D eigenvalue weighted by molar-refractivity contribution is 5.93. The molecule has 2 amide bonds. The highest BCUT2D eigenvalue weighted by atomic mass is 16.2. The van der Waals surface area contributed by atoms with Crippen LogP contribution in [0, 0.1) is 11.3 Å². The first-order valence-corrected chi connectivity index (χ1v) is 10.5. The first-order chi connectivity index (χ1) is 13.8. The van der Waals surface area contributed by atoms with E-state index in [4.69, 9.17) is 0 Å². The molecule has 1 fully saturated rings. The number of rotatable bonds is 4. The molecule has 0 aromatic heterocycles. The van der Waals surface area contributed by atoms with Gasteiger partial charge in [0.25, 0.3) is 0 Å². The molecule has 1 saturated heterocycles. The maximum atomic E-state index is 13.0. The van der Waals surface area contributed by atoms with Crippen molar-refractivity contribution in [3.8, 4) is 0 Å². The summed E-state index contributed by atoms with van der Waals surface area (Å²) in [7, 11) is 0. The SMILES string of the molecule is CCc1ccc(C2CC(C(=O)Nc3ccccc3)CN(C(=O)C(C)(C)C)C2)cc1. The number of anilines is 1. The van der Waals surface area contributed by atoms with Crippen molar-refractivity contribution in [1.29, 1.82) is 0 Å². The molecule has 4 nitrogen and oxygen atoms in total. The fourth-order valence-corrected chi connectivity index (χ4v) is 3.96. The van der Waals surface area contributed by atoms with E-state index in [1.165, 1.54) is 11.1 Å². The van der Waals surface area contributed by atoms with Crippen molar-refractivity contribution in [2.75, 3.05) is 18.4 Å². The number of nitrogens with one attached hydrogen (secondary N) is 1. The second-order valence-electron chi connectivity index (χ2n) is 9.04. The lowest BCUT2D eigenvalue weighted by atomic mass is 9.82. The van der Waals surface area contributed by atoms with Crippen LogP contribution in [0.2, 0.25) is 0 Å². The molecule has 1 N–H and O–H groups in total. The maximum absolute atomic E-state index is 13.0. The van der Waals surface area contributed by atoms with Gasteiger partial charge in [-0.15, -0.1) is 0 Å². The molecule has 2 aromatic rings. The van der Waals surface area contributed by atoms with E-state index in [1.807, 2.05) is 56.0 Å². The Morgan fingerprint density at radius 3 is 2.24 bits per heavy atom. The summed E-state index contributed by atoms with van der Waals surface area (Å²) >= 11 is 0. The third-order valence-corrected chi connectivity index (χ3v) is 5.65. The highest BCUT2D eigenvalue weighted by Crippen LogP contribution is 2.33. The van der Waals surface area contributed by atoms with Crippen LogP contribution in [0.3, 0.4) is 0 Å².